The summed E-state index contributed by atoms with van der Waals surface area (Å²) >= 11 is 2.82. The summed E-state index contributed by atoms with van der Waals surface area (Å²) < 4.78 is 21.5. The molecule has 3 aromatic rings. The van der Waals surface area contributed by atoms with Crippen LogP contribution in [0, 0.1) is 0 Å². The number of methoxy groups -OCH3 is 1. The summed E-state index contributed by atoms with van der Waals surface area (Å²) in [5, 5.41) is 5.39. The number of hydrogen-bond acceptors (Lipinski definition) is 8. The fourth-order valence-corrected chi connectivity index (χ4v) is 5.90. The summed E-state index contributed by atoms with van der Waals surface area (Å²) in [6, 6.07) is 7.22. The second kappa shape index (κ2) is 8.84. The van der Waals surface area contributed by atoms with E-state index in [-0.39, 0.29) is 12.7 Å². The predicted octanol–water partition coefficient (Wildman–Crippen LogP) is 5.04. The number of esters is 1. The van der Waals surface area contributed by atoms with Gasteiger partial charge in [0.25, 0.3) is 5.91 Å². The molecule has 0 bridgehead atoms. The van der Waals surface area contributed by atoms with Gasteiger partial charge < -0.3 is 24.3 Å². The number of hydrogen-bond donors (Lipinski definition) is 1. The molecule has 5 rings (SSSR count). The van der Waals surface area contributed by atoms with Crippen LogP contribution < -0.4 is 19.5 Å². The number of ether oxygens (including phenoxy) is 4. The average Bonchev–Trinajstić information content (AvgIpc) is 3.54. The Bertz CT molecular complexity index is 1180. The molecule has 2 aromatic heterocycles. The lowest BCUT2D eigenvalue weighted by Crippen LogP contribution is -2.14. The molecule has 1 aliphatic heterocycles. The monoisotopic (exact) mass is 471 g/mol. The molecule has 9 heteroatoms. The van der Waals surface area contributed by atoms with Crippen molar-refractivity contribution in [3.63, 3.8) is 0 Å². The van der Waals surface area contributed by atoms with Crippen LogP contribution in [-0.4, -0.2) is 25.8 Å². The van der Waals surface area contributed by atoms with Crippen molar-refractivity contribution in [2.24, 2.45) is 0 Å². The van der Waals surface area contributed by atoms with Gasteiger partial charge in [-0.3, -0.25) is 4.79 Å². The van der Waals surface area contributed by atoms with Crippen LogP contribution in [0.25, 0.3) is 0 Å². The van der Waals surface area contributed by atoms with Crippen LogP contribution >= 0.6 is 22.7 Å². The van der Waals surface area contributed by atoms with E-state index in [1.807, 2.05) is 17.5 Å². The van der Waals surface area contributed by atoms with Crippen LogP contribution in [0.1, 0.15) is 48.9 Å². The molecule has 166 valence electrons. The van der Waals surface area contributed by atoms with Gasteiger partial charge in [0.15, 0.2) is 11.5 Å². The van der Waals surface area contributed by atoms with E-state index in [1.165, 1.54) is 29.8 Å². The Labute approximate surface area is 192 Å². The SMILES string of the molecule is COC(=O)c1c(NC(=O)c2cc(COc3ccc4c(c3)OCO4)cs2)sc2c1CCCC2. The van der Waals surface area contributed by atoms with Crippen LogP contribution in [0.5, 0.6) is 17.2 Å². The molecule has 2 aliphatic rings. The summed E-state index contributed by atoms with van der Waals surface area (Å²) in [7, 11) is 1.37. The first-order valence-electron chi connectivity index (χ1n) is 10.3. The highest BCUT2D eigenvalue weighted by atomic mass is 32.1. The summed E-state index contributed by atoms with van der Waals surface area (Å²) in [5.41, 5.74) is 2.41. The van der Waals surface area contributed by atoms with Gasteiger partial charge in [-0.25, -0.2) is 4.79 Å². The average molecular weight is 472 g/mol. The van der Waals surface area contributed by atoms with Gasteiger partial charge in [-0.2, -0.15) is 0 Å². The Morgan fingerprint density at radius 2 is 1.97 bits per heavy atom. The van der Waals surface area contributed by atoms with Gasteiger partial charge in [0.1, 0.15) is 17.4 Å². The molecule has 0 atom stereocenters. The predicted molar refractivity (Wildman–Crippen MR) is 121 cm³/mol. The molecule has 0 fully saturated rings. The Morgan fingerprint density at radius 1 is 1.12 bits per heavy atom. The highest BCUT2D eigenvalue weighted by Crippen LogP contribution is 2.39. The van der Waals surface area contributed by atoms with Gasteiger partial charge in [0.05, 0.1) is 17.6 Å². The first-order chi connectivity index (χ1) is 15.6. The molecule has 0 radical (unpaired) electrons. The second-order valence-electron chi connectivity index (χ2n) is 7.48. The highest BCUT2D eigenvalue weighted by Gasteiger charge is 2.27. The number of benzene rings is 1. The first-order valence-corrected chi connectivity index (χ1v) is 12.0. The van der Waals surface area contributed by atoms with E-state index in [0.29, 0.717) is 39.3 Å². The fraction of sp³-hybridized carbons (Fsp3) is 0.304. The highest BCUT2D eigenvalue weighted by molar-refractivity contribution is 7.17. The molecule has 3 heterocycles. The molecule has 1 amide bonds. The maximum absolute atomic E-state index is 12.9. The van der Waals surface area contributed by atoms with Crippen LogP contribution in [-0.2, 0) is 24.2 Å². The standard InChI is InChI=1S/C23H21NO6S2/c1-27-23(26)20-15-4-2-3-5-18(15)32-22(20)24-21(25)19-8-13(11-31-19)10-28-14-6-7-16-17(9-14)30-12-29-16/h6-9,11H,2-5,10,12H2,1H3,(H,24,25). The van der Waals surface area contributed by atoms with Crippen LogP contribution in [0.3, 0.4) is 0 Å². The Kier molecular flexibility index (Phi) is 5.75. The van der Waals surface area contributed by atoms with Gasteiger partial charge in [-0.15, -0.1) is 22.7 Å². The van der Waals surface area contributed by atoms with E-state index in [2.05, 4.69) is 5.32 Å². The molecule has 0 saturated heterocycles. The van der Waals surface area contributed by atoms with Crippen molar-refractivity contribution in [3.05, 3.63) is 56.1 Å². The van der Waals surface area contributed by atoms with Crippen molar-refractivity contribution >= 4 is 39.6 Å². The Morgan fingerprint density at radius 3 is 2.84 bits per heavy atom. The van der Waals surface area contributed by atoms with E-state index in [4.69, 9.17) is 18.9 Å². The molecule has 0 spiro atoms. The minimum atomic E-state index is -0.399. The summed E-state index contributed by atoms with van der Waals surface area (Å²) in [6.07, 6.45) is 3.91. The number of thiophene rings is 2. The topological polar surface area (TPSA) is 83.1 Å². The van der Waals surface area contributed by atoms with Gasteiger partial charge in [-0.05, 0) is 54.8 Å². The third-order valence-corrected chi connectivity index (χ3v) is 7.60. The maximum atomic E-state index is 12.9. The van der Waals surface area contributed by atoms with Crippen molar-refractivity contribution in [2.45, 2.75) is 32.3 Å². The number of rotatable bonds is 6. The quantitative estimate of drug-likeness (QED) is 0.508. The zero-order valence-electron chi connectivity index (χ0n) is 17.4. The smallest absolute Gasteiger partial charge is 0.341 e. The zero-order valence-corrected chi connectivity index (χ0v) is 19.0. The molecular formula is C23H21NO6S2. The van der Waals surface area contributed by atoms with Gasteiger partial charge >= 0.3 is 5.97 Å². The van der Waals surface area contributed by atoms with Gasteiger partial charge in [0.2, 0.25) is 6.79 Å². The number of nitrogens with one attached hydrogen (secondary N) is 1. The fourth-order valence-electron chi connectivity index (χ4n) is 3.84. The minimum Gasteiger partial charge on any atom is -0.489 e. The van der Waals surface area contributed by atoms with Crippen LogP contribution in [0.15, 0.2) is 29.6 Å². The van der Waals surface area contributed by atoms with E-state index in [0.717, 1.165) is 41.7 Å². The Hall–Kier alpha value is -3.04. The number of aryl methyl sites for hydroxylation is 1. The second-order valence-corrected chi connectivity index (χ2v) is 9.50. The van der Waals surface area contributed by atoms with Crippen molar-refractivity contribution in [2.75, 3.05) is 19.2 Å². The first kappa shape index (κ1) is 20.8. The van der Waals surface area contributed by atoms with Gasteiger partial charge in [0, 0.05) is 16.5 Å². The molecule has 0 unspecified atom stereocenters. The molecule has 0 saturated carbocycles. The van der Waals surface area contributed by atoms with Crippen molar-refractivity contribution in [1.29, 1.82) is 0 Å². The van der Waals surface area contributed by atoms with Gasteiger partial charge in [-0.1, -0.05) is 0 Å². The molecule has 32 heavy (non-hydrogen) atoms. The number of anilines is 1. The van der Waals surface area contributed by atoms with Crippen LogP contribution in [0.2, 0.25) is 0 Å². The van der Waals surface area contributed by atoms with E-state index in [1.54, 1.807) is 12.1 Å². The number of fused-ring (bicyclic) bond motifs is 2. The Balaban J connectivity index is 1.27. The summed E-state index contributed by atoms with van der Waals surface area (Å²) in [5.74, 6) is 1.39. The van der Waals surface area contributed by atoms with Crippen molar-refractivity contribution < 1.29 is 28.5 Å². The summed E-state index contributed by atoms with van der Waals surface area (Å²) in [6.45, 7) is 0.539. The number of amides is 1. The maximum Gasteiger partial charge on any atom is 0.341 e. The zero-order chi connectivity index (χ0) is 22.1. The normalized spacial score (nSPS) is 14.0. The third-order valence-electron chi connectivity index (χ3n) is 5.41. The van der Waals surface area contributed by atoms with Crippen molar-refractivity contribution in [1.82, 2.24) is 0 Å². The van der Waals surface area contributed by atoms with E-state index < -0.39 is 5.97 Å². The van der Waals surface area contributed by atoms with E-state index >= 15 is 0 Å². The lowest BCUT2D eigenvalue weighted by atomic mass is 9.95. The lowest BCUT2D eigenvalue weighted by molar-refractivity contribution is 0.0601. The number of carbonyl (C=O) groups is 2. The van der Waals surface area contributed by atoms with Crippen molar-refractivity contribution in [3.8, 4) is 17.2 Å². The summed E-state index contributed by atoms with van der Waals surface area (Å²) in [4.78, 5) is 27.0. The third kappa shape index (κ3) is 4.05. The van der Waals surface area contributed by atoms with E-state index in [9.17, 15) is 9.59 Å². The number of carbonyl (C=O) groups excluding carboxylic acids is 2. The molecule has 1 N–H and O–H groups in total. The molecule has 7 nitrogen and oxygen atoms in total. The molecule has 1 aromatic carbocycles. The minimum absolute atomic E-state index is 0.215. The van der Waals surface area contributed by atoms with Crippen LogP contribution in [0.4, 0.5) is 5.00 Å². The largest absolute Gasteiger partial charge is 0.489 e. The molecular weight excluding hydrogens is 450 g/mol. The molecule has 1 aliphatic carbocycles. The lowest BCUT2D eigenvalue weighted by Gasteiger charge is -2.11.